The summed E-state index contributed by atoms with van der Waals surface area (Å²) in [7, 11) is 0. The van der Waals surface area contributed by atoms with Crippen LogP contribution in [0.5, 0.6) is 0 Å². The average Bonchev–Trinajstić information content (AvgIpc) is 2.71. The highest BCUT2D eigenvalue weighted by atomic mass is 35.5. The van der Waals surface area contributed by atoms with Crippen LogP contribution in [0.25, 0.3) is 10.9 Å². The highest BCUT2D eigenvalue weighted by Crippen LogP contribution is 2.35. The molecule has 0 radical (unpaired) electrons. The van der Waals surface area contributed by atoms with Crippen LogP contribution in [-0.2, 0) is 0 Å². The third-order valence-corrected chi connectivity index (χ3v) is 5.06. The summed E-state index contributed by atoms with van der Waals surface area (Å²) < 4.78 is 0. The van der Waals surface area contributed by atoms with Gasteiger partial charge in [0.15, 0.2) is 0 Å². The molecule has 0 spiro atoms. The van der Waals surface area contributed by atoms with Crippen LogP contribution in [0, 0.1) is 24.0 Å². The van der Waals surface area contributed by atoms with Crippen molar-refractivity contribution < 1.29 is 4.92 Å². The molecule has 0 aliphatic carbocycles. The Morgan fingerprint density at radius 1 is 0.933 bits per heavy atom. The smallest absolute Gasteiger partial charge is 0.334 e. The number of aryl methyl sites for hydroxylation is 1. The molecule has 8 nitrogen and oxygen atoms in total. The van der Waals surface area contributed by atoms with Gasteiger partial charge in [-0.15, -0.1) is 0 Å². The summed E-state index contributed by atoms with van der Waals surface area (Å²) in [6.07, 6.45) is 1.27. The lowest BCUT2D eigenvalue weighted by Crippen LogP contribution is -2.06. The Morgan fingerprint density at radius 3 is 2.33 bits per heavy atom. The molecule has 0 saturated carbocycles. The fourth-order valence-electron chi connectivity index (χ4n) is 3.10. The first-order valence-electron chi connectivity index (χ1n) is 9.09. The van der Waals surface area contributed by atoms with Gasteiger partial charge in [0.05, 0.1) is 10.4 Å². The van der Waals surface area contributed by atoms with E-state index in [1.165, 1.54) is 6.33 Å². The number of benzene rings is 2. The summed E-state index contributed by atoms with van der Waals surface area (Å²) in [4.78, 5) is 24.1. The van der Waals surface area contributed by atoms with Crippen molar-refractivity contribution in [1.29, 1.82) is 0 Å². The number of aromatic nitrogens is 3. The number of nitrogens with one attached hydrogen (secondary N) is 2. The maximum Gasteiger partial charge on any atom is 0.353 e. The molecule has 0 atom stereocenters. The first-order chi connectivity index (χ1) is 14.4. The monoisotopic (exact) mass is 420 g/mol. The SMILES string of the molecule is Cc1ccc2c(Nc3ncnc(Nc4cccc(Cl)c4C)c3[N+](=O)[O-])cccc2n1. The zero-order valence-electron chi connectivity index (χ0n) is 16.2. The van der Waals surface area contributed by atoms with Gasteiger partial charge in [0.1, 0.15) is 6.33 Å². The fraction of sp³-hybridized carbons (Fsp3) is 0.0952. The lowest BCUT2D eigenvalue weighted by Gasteiger charge is -2.13. The van der Waals surface area contributed by atoms with E-state index < -0.39 is 4.92 Å². The van der Waals surface area contributed by atoms with Gasteiger partial charge in [0.25, 0.3) is 0 Å². The van der Waals surface area contributed by atoms with Crippen molar-refractivity contribution in [2.75, 3.05) is 10.6 Å². The van der Waals surface area contributed by atoms with Crippen LogP contribution in [-0.4, -0.2) is 19.9 Å². The lowest BCUT2D eigenvalue weighted by molar-refractivity contribution is -0.383. The van der Waals surface area contributed by atoms with E-state index in [1.807, 2.05) is 44.2 Å². The van der Waals surface area contributed by atoms with E-state index in [-0.39, 0.29) is 17.3 Å². The van der Waals surface area contributed by atoms with Gasteiger partial charge in [-0.1, -0.05) is 23.7 Å². The highest BCUT2D eigenvalue weighted by Gasteiger charge is 2.24. The maximum absolute atomic E-state index is 11.9. The van der Waals surface area contributed by atoms with Crippen molar-refractivity contribution in [2.45, 2.75) is 13.8 Å². The summed E-state index contributed by atoms with van der Waals surface area (Å²) in [6, 6.07) is 14.6. The van der Waals surface area contributed by atoms with E-state index in [1.54, 1.807) is 18.2 Å². The fourth-order valence-corrected chi connectivity index (χ4v) is 3.27. The summed E-state index contributed by atoms with van der Waals surface area (Å²) in [6.45, 7) is 3.73. The Bertz CT molecular complexity index is 1280. The standard InChI is InChI=1S/C21H17ClN6O2/c1-12-9-10-14-17(25-12)7-4-8-18(14)27-21-19(28(29)30)20(23-11-24-21)26-16-6-3-5-15(22)13(16)2/h3-11H,1-2H3,(H2,23,24,26,27). The van der Waals surface area contributed by atoms with Gasteiger partial charge in [-0.05, 0) is 55.8 Å². The molecule has 2 aromatic carbocycles. The Kier molecular flexibility index (Phi) is 5.16. The van der Waals surface area contributed by atoms with Crippen molar-refractivity contribution in [3.63, 3.8) is 0 Å². The molecule has 150 valence electrons. The molecule has 0 fully saturated rings. The number of nitrogens with zero attached hydrogens (tertiary/aromatic N) is 4. The minimum Gasteiger partial charge on any atom is -0.334 e. The van der Waals surface area contributed by atoms with Gasteiger partial charge >= 0.3 is 5.69 Å². The molecule has 2 heterocycles. The Hall–Kier alpha value is -3.78. The van der Waals surface area contributed by atoms with Crippen LogP contribution >= 0.6 is 11.6 Å². The van der Waals surface area contributed by atoms with Crippen molar-refractivity contribution in [1.82, 2.24) is 15.0 Å². The van der Waals surface area contributed by atoms with Crippen LogP contribution < -0.4 is 10.6 Å². The van der Waals surface area contributed by atoms with Gasteiger partial charge in [-0.25, -0.2) is 9.97 Å². The molecule has 0 aliphatic heterocycles. The second-order valence-corrected chi connectivity index (χ2v) is 7.07. The van der Waals surface area contributed by atoms with Crippen LogP contribution in [0.15, 0.2) is 54.9 Å². The normalized spacial score (nSPS) is 10.8. The van der Waals surface area contributed by atoms with E-state index in [0.29, 0.717) is 16.4 Å². The molecule has 0 bridgehead atoms. The molecule has 9 heteroatoms. The minimum absolute atomic E-state index is 0.0667. The van der Waals surface area contributed by atoms with Gasteiger partial charge in [0.2, 0.25) is 11.6 Å². The molecular formula is C21H17ClN6O2. The molecule has 2 N–H and O–H groups in total. The van der Waals surface area contributed by atoms with Gasteiger partial charge in [0, 0.05) is 27.5 Å². The van der Waals surface area contributed by atoms with E-state index in [9.17, 15) is 10.1 Å². The first kappa shape index (κ1) is 19.5. The zero-order valence-corrected chi connectivity index (χ0v) is 16.9. The number of nitro groups is 1. The quantitative estimate of drug-likeness (QED) is 0.315. The minimum atomic E-state index is -0.516. The molecule has 2 aromatic heterocycles. The second kappa shape index (κ2) is 7.92. The zero-order chi connectivity index (χ0) is 21.3. The first-order valence-corrected chi connectivity index (χ1v) is 9.47. The van der Waals surface area contributed by atoms with Crippen molar-refractivity contribution in [3.8, 4) is 0 Å². The molecule has 0 amide bonds. The number of rotatable bonds is 5. The van der Waals surface area contributed by atoms with Crippen LogP contribution in [0.4, 0.5) is 28.7 Å². The largest absolute Gasteiger partial charge is 0.353 e. The van der Waals surface area contributed by atoms with Gasteiger partial charge in [-0.3, -0.25) is 15.1 Å². The summed E-state index contributed by atoms with van der Waals surface area (Å²) in [5, 5.41) is 19.3. The number of hydrogen-bond acceptors (Lipinski definition) is 7. The molecule has 0 unspecified atom stereocenters. The van der Waals surface area contributed by atoms with Crippen molar-refractivity contribution in [2.24, 2.45) is 0 Å². The summed E-state index contributed by atoms with van der Waals surface area (Å²) in [5.41, 5.74) is 3.44. The third kappa shape index (κ3) is 3.72. The number of anilines is 4. The molecule has 4 aromatic rings. The molecule has 4 rings (SSSR count). The van der Waals surface area contributed by atoms with Crippen LogP contribution in [0.3, 0.4) is 0 Å². The second-order valence-electron chi connectivity index (χ2n) is 6.66. The third-order valence-electron chi connectivity index (χ3n) is 4.65. The van der Waals surface area contributed by atoms with E-state index in [0.717, 1.165) is 22.2 Å². The van der Waals surface area contributed by atoms with Crippen molar-refractivity contribution in [3.05, 3.63) is 81.3 Å². The van der Waals surface area contributed by atoms with Crippen LogP contribution in [0.1, 0.15) is 11.3 Å². The number of hydrogen-bond donors (Lipinski definition) is 2. The Labute approximate surface area is 177 Å². The number of pyridine rings is 1. The van der Waals surface area contributed by atoms with E-state index in [2.05, 4.69) is 25.6 Å². The Balaban J connectivity index is 1.77. The topological polar surface area (TPSA) is 106 Å². The maximum atomic E-state index is 11.9. The number of halogens is 1. The predicted molar refractivity (Wildman–Crippen MR) is 118 cm³/mol. The van der Waals surface area contributed by atoms with E-state index >= 15 is 0 Å². The Morgan fingerprint density at radius 2 is 1.60 bits per heavy atom. The van der Waals surface area contributed by atoms with Gasteiger partial charge < -0.3 is 10.6 Å². The average molecular weight is 421 g/mol. The highest BCUT2D eigenvalue weighted by molar-refractivity contribution is 6.31. The van der Waals surface area contributed by atoms with Gasteiger partial charge in [-0.2, -0.15) is 0 Å². The molecule has 0 saturated heterocycles. The van der Waals surface area contributed by atoms with E-state index in [4.69, 9.17) is 11.6 Å². The van der Waals surface area contributed by atoms with Crippen LogP contribution in [0.2, 0.25) is 5.02 Å². The predicted octanol–water partition coefficient (Wildman–Crippen LogP) is 5.69. The molecule has 0 aliphatic rings. The van der Waals surface area contributed by atoms with Crippen molar-refractivity contribution >= 4 is 51.2 Å². The number of fused-ring (bicyclic) bond motifs is 1. The summed E-state index contributed by atoms with van der Waals surface area (Å²) in [5.74, 6) is 0.141. The lowest BCUT2D eigenvalue weighted by atomic mass is 10.1. The summed E-state index contributed by atoms with van der Waals surface area (Å²) >= 11 is 6.16. The molecule has 30 heavy (non-hydrogen) atoms. The molecular weight excluding hydrogens is 404 g/mol.